The average molecular weight is 212 g/mol. The van der Waals surface area contributed by atoms with Crippen molar-refractivity contribution in [1.29, 1.82) is 0 Å². The highest BCUT2D eigenvalue weighted by atomic mass is 16.2. The van der Waals surface area contributed by atoms with E-state index in [-0.39, 0.29) is 6.03 Å². The zero-order chi connectivity index (χ0) is 11.5. The molecule has 88 valence electrons. The van der Waals surface area contributed by atoms with Crippen LogP contribution in [0.2, 0.25) is 0 Å². The van der Waals surface area contributed by atoms with Crippen LogP contribution < -0.4 is 5.73 Å². The van der Waals surface area contributed by atoms with Gasteiger partial charge in [-0.2, -0.15) is 0 Å². The summed E-state index contributed by atoms with van der Waals surface area (Å²) >= 11 is 0. The molecule has 1 spiro atoms. The summed E-state index contributed by atoms with van der Waals surface area (Å²) in [6.45, 7) is 8.44. The third kappa shape index (κ3) is 2.86. The van der Waals surface area contributed by atoms with Gasteiger partial charge in [0.1, 0.15) is 0 Å². The number of carbonyl (C=O) groups is 1. The predicted octanol–water partition coefficient (Wildman–Crippen LogP) is 2.60. The summed E-state index contributed by atoms with van der Waals surface area (Å²) in [7, 11) is 0. The number of likely N-dealkylation sites (tertiary alicyclic amines) is 1. The van der Waals surface area contributed by atoms with E-state index in [2.05, 4.69) is 20.8 Å². The molecule has 3 heteroatoms. The van der Waals surface area contributed by atoms with Crippen molar-refractivity contribution in [1.82, 2.24) is 4.90 Å². The molecule has 1 aliphatic heterocycles. The van der Waals surface area contributed by atoms with Crippen LogP contribution in [0.4, 0.5) is 4.79 Å². The number of nitrogens with zero attached hydrogens (tertiary/aromatic N) is 1. The molecule has 2 fully saturated rings. The first-order valence-corrected chi connectivity index (χ1v) is 6.07. The molecule has 1 saturated carbocycles. The van der Waals surface area contributed by atoms with Crippen molar-refractivity contribution < 1.29 is 4.79 Å². The number of primary amides is 1. The van der Waals surface area contributed by atoms with Gasteiger partial charge in [0.05, 0.1) is 0 Å². The van der Waals surface area contributed by atoms with E-state index in [0.29, 0.717) is 5.41 Å². The van der Waals surface area contributed by atoms with Crippen molar-refractivity contribution >= 4 is 6.03 Å². The second-order valence-electron chi connectivity index (χ2n) is 5.21. The Kier molecular flexibility index (Phi) is 4.00. The van der Waals surface area contributed by atoms with Crippen LogP contribution in [0.15, 0.2) is 0 Å². The minimum Gasteiger partial charge on any atom is -0.351 e. The molecule has 15 heavy (non-hydrogen) atoms. The van der Waals surface area contributed by atoms with Crippen LogP contribution in [0.25, 0.3) is 0 Å². The molecule has 0 aromatic rings. The molecule has 1 saturated heterocycles. The van der Waals surface area contributed by atoms with Gasteiger partial charge < -0.3 is 10.6 Å². The molecule has 1 heterocycles. The molecule has 2 N–H and O–H groups in total. The first kappa shape index (κ1) is 12.3. The Labute approximate surface area is 93.0 Å². The van der Waals surface area contributed by atoms with Gasteiger partial charge in [-0.15, -0.1) is 0 Å². The summed E-state index contributed by atoms with van der Waals surface area (Å²) in [5, 5.41) is 0. The van der Waals surface area contributed by atoms with Gasteiger partial charge in [0, 0.05) is 18.5 Å². The van der Waals surface area contributed by atoms with Gasteiger partial charge in [-0.3, -0.25) is 0 Å². The number of rotatable bonds is 1. The maximum Gasteiger partial charge on any atom is 0.314 e. The SMILES string of the molecule is CC1CC2(C1)CN(C(N)=O)C2.CCCC. The van der Waals surface area contributed by atoms with Crippen LogP contribution in [0.5, 0.6) is 0 Å². The summed E-state index contributed by atoms with van der Waals surface area (Å²) in [5.74, 6) is 0.866. The summed E-state index contributed by atoms with van der Waals surface area (Å²) in [4.78, 5) is 12.4. The zero-order valence-electron chi connectivity index (χ0n) is 10.3. The van der Waals surface area contributed by atoms with E-state index in [1.807, 2.05) is 0 Å². The number of nitrogens with two attached hydrogens (primary N) is 1. The predicted molar refractivity (Wildman–Crippen MR) is 62.6 cm³/mol. The van der Waals surface area contributed by atoms with Crippen LogP contribution in [0, 0.1) is 11.3 Å². The standard InChI is InChI=1S/C8H14N2O.C4H10/c1-6-2-8(3-6)4-10(5-8)7(9)11;1-3-4-2/h6H,2-5H2,1H3,(H2,9,11);3-4H2,1-2H3. The lowest BCUT2D eigenvalue weighted by Gasteiger charge is -2.58. The fraction of sp³-hybridized carbons (Fsp3) is 0.917. The van der Waals surface area contributed by atoms with Crippen molar-refractivity contribution in [3.63, 3.8) is 0 Å². The highest BCUT2D eigenvalue weighted by Crippen LogP contribution is 2.51. The van der Waals surface area contributed by atoms with E-state index < -0.39 is 0 Å². The smallest absolute Gasteiger partial charge is 0.314 e. The maximum absolute atomic E-state index is 10.6. The quantitative estimate of drug-likeness (QED) is 0.713. The minimum absolute atomic E-state index is 0.254. The number of hydrogen-bond acceptors (Lipinski definition) is 1. The highest BCUT2D eigenvalue weighted by Gasteiger charge is 2.51. The molecule has 0 radical (unpaired) electrons. The molecule has 0 aromatic carbocycles. The number of unbranched alkanes of at least 4 members (excludes halogenated alkanes) is 1. The van der Waals surface area contributed by atoms with Crippen LogP contribution in [0.3, 0.4) is 0 Å². The summed E-state index contributed by atoms with van der Waals surface area (Å²) in [5.41, 5.74) is 5.61. The van der Waals surface area contributed by atoms with E-state index in [4.69, 9.17) is 5.73 Å². The lowest BCUT2D eigenvalue weighted by Crippen LogP contribution is -2.64. The van der Waals surface area contributed by atoms with E-state index in [1.54, 1.807) is 4.90 Å². The van der Waals surface area contributed by atoms with Crippen LogP contribution in [0.1, 0.15) is 46.5 Å². The van der Waals surface area contributed by atoms with Gasteiger partial charge in [-0.05, 0) is 18.8 Å². The Balaban J connectivity index is 0.000000245. The fourth-order valence-corrected chi connectivity index (χ4v) is 2.60. The van der Waals surface area contributed by atoms with Crippen molar-refractivity contribution in [3.05, 3.63) is 0 Å². The Hall–Kier alpha value is -0.730. The van der Waals surface area contributed by atoms with Gasteiger partial charge in [0.25, 0.3) is 0 Å². The third-order valence-corrected chi connectivity index (χ3v) is 3.43. The van der Waals surface area contributed by atoms with Gasteiger partial charge in [-0.1, -0.05) is 33.6 Å². The number of amides is 2. The van der Waals surface area contributed by atoms with Crippen molar-refractivity contribution in [2.24, 2.45) is 17.1 Å². The first-order valence-electron chi connectivity index (χ1n) is 6.07. The molecule has 2 aliphatic rings. The monoisotopic (exact) mass is 212 g/mol. The van der Waals surface area contributed by atoms with E-state index >= 15 is 0 Å². The third-order valence-electron chi connectivity index (χ3n) is 3.43. The highest BCUT2D eigenvalue weighted by molar-refractivity contribution is 5.73. The van der Waals surface area contributed by atoms with Gasteiger partial charge in [-0.25, -0.2) is 4.79 Å². The van der Waals surface area contributed by atoms with E-state index in [0.717, 1.165) is 19.0 Å². The summed E-state index contributed by atoms with van der Waals surface area (Å²) < 4.78 is 0. The molecule has 0 bridgehead atoms. The Morgan fingerprint density at radius 3 is 2.07 bits per heavy atom. The van der Waals surface area contributed by atoms with Crippen molar-refractivity contribution in [3.8, 4) is 0 Å². The van der Waals surface area contributed by atoms with Gasteiger partial charge in [0.15, 0.2) is 0 Å². The molecule has 0 atom stereocenters. The number of urea groups is 1. The van der Waals surface area contributed by atoms with E-state index in [1.165, 1.54) is 25.7 Å². The largest absolute Gasteiger partial charge is 0.351 e. The Morgan fingerprint density at radius 2 is 1.80 bits per heavy atom. The zero-order valence-corrected chi connectivity index (χ0v) is 10.3. The molecule has 3 nitrogen and oxygen atoms in total. The molecule has 2 rings (SSSR count). The Bertz CT molecular complexity index is 212. The number of carbonyl (C=O) groups excluding carboxylic acids is 1. The molecule has 0 unspecified atom stereocenters. The fourth-order valence-electron chi connectivity index (χ4n) is 2.60. The summed E-state index contributed by atoms with van der Waals surface area (Å²) in [6, 6.07) is -0.254. The Morgan fingerprint density at radius 1 is 1.33 bits per heavy atom. The molecule has 2 amide bonds. The lowest BCUT2D eigenvalue weighted by molar-refractivity contribution is -0.0633. The van der Waals surface area contributed by atoms with E-state index in [9.17, 15) is 4.79 Å². The van der Waals surface area contributed by atoms with Crippen LogP contribution >= 0.6 is 0 Å². The summed E-state index contributed by atoms with van der Waals surface area (Å²) in [6.07, 6.45) is 5.22. The molecular formula is C12H24N2O. The van der Waals surface area contributed by atoms with Crippen molar-refractivity contribution in [2.75, 3.05) is 13.1 Å². The number of hydrogen-bond donors (Lipinski definition) is 1. The second-order valence-corrected chi connectivity index (χ2v) is 5.21. The maximum atomic E-state index is 10.6. The van der Waals surface area contributed by atoms with Gasteiger partial charge in [0.2, 0.25) is 0 Å². The molecular weight excluding hydrogens is 188 g/mol. The average Bonchev–Trinajstić information content (AvgIpc) is 2.08. The molecule has 1 aliphatic carbocycles. The first-order chi connectivity index (χ1) is 7.03. The normalized spacial score (nSPS) is 22.5. The van der Waals surface area contributed by atoms with Gasteiger partial charge >= 0.3 is 6.03 Å². The van der Waals surface area contributed by atoms with Crippen molar-refractivity contribution in [2.45, 2.75) is 46.5 Å². The van der Waals surface area contributed by atoms with Crippen LogP contribution in [-0.4, -0.2) is 24.0 Å². The minimum atomic E-state index is -0.254. The van der Waals surface area contributed by atoms with Crippen LogP contribution in [-0.2, 0) is 0 Å². The lowest BCUT2D eigenvalue weighted by atomic mass is 9.58. The molecule has 0 aromatic heterocycles. The second kappa shape index (κ2) is 4.86. The topological polar surface area (TPSA) is 46.3 Å².